The molecule has 0 atom stereocenters. The number of hydrogen-bond donors (Lipinski definition) is 3. The van der Waals surface area contributed by atoms with E-state index in [1.165, 1.54) is 48.5 Å². The number of hydrogen-bond acceptors (Lipinski definition) is 8. The Hall–Kier alpha value is -4.61. The molecule has 0 spiro atoms. The molecule has 0 bridgehead atoms. The zero-order valence-corrected chi connectivity index (χ0v) is 17.9. The number of methoxy groups -OCH3 is 1. The number of anilines is 4. The van der Waals surface area contributed by atoms with Crippen molar-refractivity contribution in [2.75, 3.05) is 24.7 Å². The van der Waals surface area contributed by atoms with Crippen molar-refractivity contribution in [2.24, 2.45) is 7.05 Å². The Morgan fingerprint density at radius 2 is 1.91 bits per heavy atom. The van der Waals surface area contributed by atoms with Crippen molar-refractivity contribution in [2.45, 2.75) is 0 Å². The summed E-state index contributed by atoms with van der Waals surface area (Å²) in [6.45, 7) is -2.77. The van der Waals surface area contributed by atoms with Gasteiger partial charge in [-0.25, -0.2) is 23.7 Å². The van der Waals surface area contributed by atoms with Crippen LogP contribution in [0.25, 0.3) is 11.4 Å². The van der Waals surface area contributed by atoms with E-state index >= 15 is 0 Å². The van der Waals surface area contributed by atoms with Gasteiger partial charge < -0.3 is 20.7 Å². The second-order valence-electron chi connectivity index (χ2n) is 6.93. The third kappa shape index (κ3) is 4.75. The maximum absolute atomic E-state index is 14.6. The van der Waals surface area contributed by atoms with Crippen molar-refractivity contribution in [3.63, 3.8) is 0 Å². The molecule has 1 amide bonds. The fourth-order valence-corrected chi connectivity index (χ4v) is 3.12. The molecule has 0 fully saturated rings. The molecular formula is C22H20F2N8O2. The highest BCUT2D eigenvalue weighted by Crippen LogP contribution is 2.38. The second kappa shape index (κ2) is 9.48. The van der Waals surface area contributed by atoms with Crippen molar-refractivity contribution in [1.29, 1.82) is 0 Å². The summed E-state index contributed by atoms with van der Waals surface area (Å²) < 4.78 is 56.8. The molecule has 0 saturated carbocycles. The summed E-state index contributed by atoms with van der Waals surface area (Å²) in [5, 5.41) is 11.8. The van der Waals surface area contributed by atoms with E-state index in [2.05, 4.69) is 30.7 Å². The molecule has 4 rings (SSSR count). The predicted octanol–water partition coefficient (Wildman–Crippen LogP) is 3.41. The molecule has 0 saturated heterocycles. The van der Waals surface area contributed by atoms with Gasteiger partial charge in [-0.1, -0.05) is 0 Å². The fraction of sp³-hybridized carbons (Fsp3) is 0.136. The number of nitrogens with zero attached hydrogens (tertiary/aromatic N) is 5. The van der Waals surface area contributed by atoms with Crippen molar-refractivity contribution >= 4 is 29.0 Å². The zero-order chi connectivity index (χ0) is 26.7. The molecule has 3 N–H and O–H groups in total. The molecule has 0 aliphatic rings. The Morgan fingerprint density at radius 1 is 1.09 bits per heavy atom. The van der Waals surface area contributed by atoms with E-state index in [1.807, 2.05) is 5.32 Å². The number of nitrogens with one attached hydrogen (secondary N) is 3. The lowest BCUT2D eigenvalue weighted by molar-refractivity contribution is 0.0963. The van der Waals surface area contributed by atoms with Crippen molar-refractivity contribution in [3.8, 4) is 17.1 Å². The first-order chi connectivity index (χ1) is 17.5. The molecule has 3 heterocycles. The molecule has 0 radical (unpaired) electrons. The predicted molar refractivity (Wildman–Crippen MR) is 121 cm³/mol. The van der Waals surface area contributed by atoms with Crippen LogP contribution in [0.2, 0.25) is 0 Å². The van der Waals surface area contributed by atoms with Gasteiger partial charge in [-0.3, -0.25) is 9.48 Å². The Bertz CT molecular complexity index is 1450. The van der Waals surface area contributed by atoms with Crippen LogP contribution in [0.15, 0.2) is 48.9 Å². The summed E-state index contributed by atoms with van der Waals surface area (Å²) >= 11 is 0. The Balaban J connectivity index is 1.78. The number of halogens is 2. The number of benzene rings is 1. The topological polar surface area (TPSA) is 119 Å². The Labute approximate surface area is 197 Å². The van der Waals surface area contributed by atoms with Crippen LogP contribution in [-0.4, -0.2) is 44.7 Å². The highest BCUT2D eigenvalue weighted by Gasteiger charge is 2.20. The van der Waals surface area contributed by atoms with Crippen LogP contribution in [0.4, 0.5) is 31.9 Å². The second-order valence-corrected chi connectivity index (χ2v) is 6.93. The first-order valence-corrected chi connectivity index (χ1v) is 9.75. The number of amides is 1. The van der Waals surface area contributed by atoms with E-state index < -0.39 is 24.5 Å². The molecule has 1 aromatic carbocycles. The number of carbonyl (C=O) groups excluding carboxylic acids is 1. The summed E-state index contributed by atoms with van der Waals surface area (Å²) in [5.41, 5.74) is 0.138. The number of aryl methyl sites for hydroxylation is 1. The lowest BCUT2D eigenvalue weighted by Gasteiger charge is -2.16. The van der Waals surface area contributed by atoms with Gasteiger partial charge in [0.1, 0.15) is 35.4 Å². The summed E-state index contributed by atoms with van der Waals surface area (Å²) in [7, 11) is 3.01. The maximum Gasteiger partial charge on any atom is 0.254 e. The zero-order valence-electron chi connectivity index (χ0n) is 20.9. The largest absolute Gasteiger partial charge is 0.494 e. The van der Waals surface area contributed by atoms with Crippen LogP contribution in [0, 0.1) is 11.6 Å². The van der Waals surface area contributed by atoms with Crippen LogP contribution in [0.5, 0.6) is 5.75 Å². The van der Waals surface area contributed by atoms with Crippen LogP contribution in [0.3, 0.4) is 0 Å². The average Bonchev–Trinajstić information content (AvgIpc) is 3.25. The molecule has 0 aliphatic heterocycles. The van der Waals surface area contributed by atoms with Gasteiger partial charge in [0, 0.05) is 24.2 Å². The highest BCUT2D eigenvalue weighted by molar-refractivity contribution is 6.00. The van der Waals surface area contributed by atoms with E-state index in [-0.39, 0.29) is 45.8 Å². The minimum Gasteiger partial charge on any atom is -0.494 e. The van der Waals surface area contributed by atoms with Crippen LogP contribution in [0.1, 0.15) is 14.5 Å². The molecule has 3 aromatic heterocycles. The van der Waals surface area contributed by atoms with Crippen LogP contribution < -0.4 is 20.7 Å². The Kier molecular flexibility index (Phi) is 5.28. The van der Waals surface area contributed by atoms with Gasteiger partial charge in [-0.05, 0) is 30.3 Å². The first kappa shape index (κ1) is 18.9. The molecule has 4 aromatic rings. The van der Waals surface area contributed by atoms with E-state index in [9.17, 15) is 13.6 Å². The van der Waals surface area contributed by atoms with E-state index in [4.69, 9.17) is 8.85 Å². The van der Waals surface area contributed by atoms with Gasteiger partial charge in [0.2, 0.25) is 0 Å². The lowest BCUT2D eigenvalue weighted by Crippen LogP contribution is -2.20. The van der Waals surface area contributed by atoms with E-state index in [0.717, 1.165) is 12.3 Å². The average molecular weight is 469 g/mol. The van der Waals surface area contributed by atoms with Crippen molar-refractivity contribution in [3.05, 3.63) is 66.1 Å². The monoisotopic (exact) mass is 469 g/mol. The first-order valence-electron chi connectivity index (χ1n) is 11.2. The molecule has 174 valence electrons. The summed E-state index contributed by atoms with van der Waals surface area (Å²) in [4.78, 5) is 25.1. The summed E-state index contributed by atoms with van der Waals surface area (Å²) in [6.07, 6.45) is 2.44. The van der Waals surface area contributed by atoms with Crippen LogP contribution in [-0.2, 0) is 7.05 Å². The number of ether oxygens (including phenoxy) is 1. The lowest BCUT2D eigenvalue weighted by atomic mass is 10.1. The quantitative estimate of drug-likeness (QED) is 0.377. The van der Waals surface area contributed by atoms with Gasteiger partial charge >= 0.3 is 0 Å². The molecule has 0 unspecified atom stereocenters. The van der Waals surface area contributed by atoms with Crippen molar-refractivity contribution in [1.82, 2.24) is 30.0 Å². The third-order valence-corrected chi connectivity index (χ3v) is 4.59. The molecule has 0 aliphatic carbocycles. The SMILES string of the molecule is [2H]C([2H])([2H])NC(=O)c1ccc(Nc2ccc(F)cn2)nc1Nc1cc(F)cc(-c2ncn(C)n2)c1OC. The molecule has 10 nitrogen and oxygen atoms in total. The smallest absolute Gasteiger partial charge is 0.254 e. The van der Waals surface area contributed by atoms with E-state index in [0.29, 0.717) is 0 Å². The number of pyridine rings is 2. The summed E-state index contributed by atoms with van der Waals surface area (Å²) in [5.74, 6) is -1.51. The van der Waals surface area contributed by atoms with Gasteiger partial charge in [-0.15, -0.1) is 0 Å². The number of rotatable bonds is 7. The molecule has 34 heavy (non-hydrogen) atoms. The normalized spacial score (nSPS) is 12.3. The van der Waals surface area contributed by atoms with Crippen LogP contribution >= 0.6 is 0 Å². The minimum atomic E-state index is -2.77. The molecular weight excluding hydrogens is 446 g/mol. The molecule has 12 heteroatoms. The van der Waals surface area contributed by atoms with Crippen molar-refractivity contribution < 1.29 is 22.4 Å². The summed E-state index contributed by atoms with van der Waals surface area (Å²) in [6, 6.07) is 7.58. The van der Waals surface area contributed by atoms with Gasteiger partial charge in [0.05, 0.1) is 30.1 Å². The highest BCUT2D eigenvalue weighted by atomic mass is 19.1. The van der Waals surface area contributed by atoms with Gasteiger partial charge in [-0.2, -0.15) is 5.10 Å². The van der Waals surface area contributed by atoms with Gasteiger partial charge in [0.25, 0.3) is 5.91 Å². The standard InChI is InChI=1S/C22H20F2N8O2/c1-25-22(33)14-5-7-18(29-17-6-4-12(23)10-26-17)30-21(14)28-16-9-13(24)8-15(19(16)34-3)20-27-11-32(2)31-20/h4-11H,1-3H3,(H,25,33)(H2,26,28,29,30)/i1D3. The minimum absolute atomic E-state index is 0.0671. The fourth-order valence-electron chi connectivity index (χ4n) is 3.12. The number of aromatic nitrogens is 5. The Morgan fingerprint density at radius 3 is 2.59 bits per heavy atom. The van der Waals surface area contributed by atoms with E-state index in [1.54, 1.807) is 7.05 Å². The number of carbonyl (C=O) groups is 1. The third-order valence-electron chi connectivity index (χ3n) is 4.59. The maximum atomic E-state index is 14.6. The van der Waals surface area contributed by atoms with Gasteiger partial charge in [0.15, 0.2) is 11.6 Å².